The minimum absolute atomic E-state index is 0.102. The van der Waals surface area contributed by atoms with E-state index in [2.05, 4.69) is 63.4 Å². The monoisotopic (exact) mass is 290 g/mol. The number of likely N-dealkylation sites (N-methyl/N-ethyl adjacent to an activating group) is 2. The van der Waals surface area contributed by atoms with Crippen LogP contribution < -0.4 is 10.1 Å². The van der Waals surface area contributed by atoms with Gasteiger partial charge in [0.2, 0.25) is 0 Å². The Hall–Kier alpha value is -1.06. The summed E-state index contributed by atoms with van der Waals surface area (Å²) in [6, 6.07) is 6.89. The topological polar surface area (TPSA) is 24.5 Å². The third-order valence-electron chi connectivity index (χ3n) is 5.22. The van der Waals surface area contributed by atoms with Crippen molar-refractivity contribution >= 4 is 0 Å². The second-order valence-electron chi connectivity index (χ2n) is 6.21. The lowest BCUT2D eigenvalue weighted by molar-refractivity contribution is 0.0897. The lowest BCUT2D eigenvalue weighted by atomic mass is 9.78. The van der Waals surface area contributed by atoms with Crippen LogP contribution in [0.15, 0.2) is 18.2 Å². The lowest BCUT2D eigenvalue weighted by Crippen LogP contribution is -2.52. The highest BCUT2D eigenvalue weighted by Crippen LogP contribution is 2.41. The summed E-state index contributed by atoms with van der Waals surface area (Å²) in [5, 5.41) is 3.57. The number of benzene rings is 1. The largest absolute Gasteiger partial charge is 0.493 e. The van der Waals surface area contributed by atoms with E-state index in [0.29, 0.717) is 0 Å². The van der Waals surface area contributed by atoms with E-state index in [4.69, 9.17) is 4.74 Å². The van der Waals surface area contributed by atoms with Crippen LogP contribution >= 0.6 is 0 Å². The Labute approximate surface area is 129 Å². The van der Waals surface area contributed by atoms with Gasteiger partial charge in [0, 0.05) is 11.1 Å². The van der Waals surface area contributed by atoms with E-state index in [1.807, 2.05) is 0 Å². The number of ether oxygens (including phenoxy) is 1. The van der Waals surface area contributed by atoms with E-state index >= 15 is 0 Å². The molecule has 1 heterocycles. The second kappa shape index (κ2) is 6.80. The van der Waals surface area contributed by atoms with Crippen LogP contribution in [0, 0.1) is 0 Å². The van der Waals surface area contributed by atoms with Crippen LogP contribution in [0.4, 0.5) is 0 Å². The van der Waals surface area contributed by atoms with E-state index < -0.39 is 0 Å². The second-order valence-corrected chi connectivity index (χ2v) is 6.21. The van der Waals surface area contributed by atoms with Gasteiger partial charge in [-0.15, -0.1) is 0 Å². The fraction of sp³-hybridized carbons (Fsp3) is 0.667. The van der Waals surface area contributed by atoms with Gasteiger partial charge in [0.05, 0.1) is 12.6 Å². The van der Waals surface area contributed by atoms with E-state index in [0.717, 1.165) is 38.0 Å². The van der Waals surface area contributed by atoms with Crippen molar-refractivity contribution in [2.45, 2.75) is 51.1 Å². The molecular formula is C18H30N2O. The van der Waals surface area contributed by atoms with Gasteiger partial charge in [0.15, 0.2) is 0 Å². The van der Waals surface area contributed by atoms with E-state index in [-0.39, 0.29) is 11.6 Å². The SMILES string of the molecule is CCC(CC)(C(NC)c1cccc2c1OCCC2)N(C)C. The molecule has 3 heteroatoms. The van der Waals surface area contributed by atoms with Gasteiger partial charge in [-0.2, -0.15) is 0 Å². The van der Waals surface area contributed by atoms with E-state index in [9.17, 15) is 0 Å². The molecule has 0 saturated heterocycles. The van der Waals surface area contributed by atoms with E-state index in [1.165, 1.54) is 11.1 Å². The number of para-hydroxylation sites is 1. The quantitative estimate of drug-likeness (QED) is 0.869. The zero-order valence-corrected chi connectivity index (χ0v) is 14.2. The minimum atomic E-state index is 0.102. The first kappa shape index (κ1) is 16.3. The first-order valence-corrected chi connectivity index (χ1v) is 8.20. The molecule has 0 bridgehead atoms. The summed E-state index contributed by atoms with van der Waals surface area (Å²) in [6.45, 7) is 5.40. The van der Waals surface area contributed by atoms with E-state index in [1.54, 1.807) is 0 Å². The van der Waals surface area contributed by atoms with Gasteiger partial charge in [0.1, 0.15) is 5.75 Å². The van der Waals surface area contributed by atoms with Crippen molar-refractivity contribution in [2.75, 3.05) is 27.7 Å². The molecule has 2 rings (SSSR count). The Bertz CT molecular complexity index is 466. The molecule has 0 fully saturated rings. The molecule has 1 aliphatic rings. The van der Waals surface area contributed by atoms with Crippen LogP contribution in [0.3, 0.4) is 0 Å². The van der Waals surface area contributed by atoms with Crippen molar-refractivity contribution in [3.63, 3.8) is 0 Å². The molecule has 0 radical (unpaired) electrons. The lowest BCUT2D eigenvalue weighted by Gasteiger charge is -2.46. The zero-order valence-electron chi connectivity index (χ0n) is 14.2. The average Bonchev–Trinajstić information content (AvgIpc) is 2.52. The molecule has 0 amide bonds. The smallest absolute Gasteiger partial charge is 0.127 e. The first-order valence-electron chi connectivity index (χ1n) is 8.20. The summed E-state index contributed by atoms with van der Waals surface area (Å²) in [6.07, 6.45) is 4.46. The molecule has 0 saturated carbocycles. The van der Waals surface area contributed by atoms with Gasteiger partial charge in [-0.05, 0) is 52.4 Å². The van der Waals surface area contributed by atoms with Crippen LogP contribution in [-0.4, -0.2) is 38.2 Å². The van der Waals surface area contributed by atoms with Crippen LogP contribution in [0.2, 0.25) is 0 Å². The molecule has 1 aliphatic heterocycles. The highest BCUT2D eigenvalue weighted by Gasteiger charge is 2.39. The fourth-order valence-electron chi connectivity index (χ4n) is 3.90. The average molecular weight is 290 g/mol. The van der Waals surface area contributed by atoms with Crippen molar-refractivity contribution in [1.29, 1.82) is 0 Å². The summed E-state index contributed by atoms with van der Waals surface area (Å²) in [7, 11) is 6.44. The summed E-state index contributed by atoms with van der Waals surface area (Å²) in [5.74, 6) is 1.12. The normalized spacial score (nSPS) is 16.5. The van der Waals surface area contributed by atoms with Gasteiger partial charge in [-0.3, -0.25) is 0 Å². The Morgan fingerprint density at radius 1 is 1.29 bits per heavy atom. The predicted molar refractivity (Wildman–Crippen MR) is 89.1 cm³/mol. The highest BCUT2D eigenvalue weighted by atomic mass is 16.5. The summed E-state index contributed by atoms with van der Waals surface area (Å²) < 4.78 is 6.04. The van der Waals surface area contributed by atoms with Crippen molar-refractivity contribution in [1.82, 2.24) is 10.2 Å². The number of fused-ring (bicyclic) bond motifs is 1. The van der Waals surface area contributed by atoms with Crippen LogP contribution in [0.25, 0.3) is 0 Å². The number of hydrogen-bond donors (Lipinski definition) is 1. The maximum absolute atomic E-state index is 6.04. The predicted octanol–water partition coefficient (Wildman–Crippen LogP) is 3.39. The van der Waals surface area contributed by atoms with Crippen LogP contribution in [0.5, 0.6) is 5.75 Å². The molecule has 0 aliphatic carbocycles. The molecule has 0 aromatic heterocycles. The van der Waals surface area contributed by atoms with Crippen molar-refractivity contribution in [2.24, 2.45) is 0 Å². The van der Waals surface area contributed by atoms with Gasteiger partial charge in [0.25, 0.3) is 0 Å². The molecule has 1 unspecified atom stereocenters. The maximum atomic E-state index is 6.04. The first-order chi connectivity index (χ1) is 10.1. The highest BCUT2D eigenvalue weighted by molar-refractivity contribution is 5.45. The van der Waals surface area contributed by atoms with Gasteiger partial charge >= 0.3 is 0 Å². The zero-order chi connectivity index (χ0) is 15.5. The molecule has 1 aromatic carbocycles. The molecule has 118 valence electrons. The molecular weight excluding hydrogens is 260 g/mol. The molecule has 1 atom stereocenters. The summed E-state index contributed by atoms with van der Waals surface area (Å²) in [5.41, 5.74) is 2.77. The molecule has 1 N–H and O–H groups in total. The molecule has 0 spiro atoms. The van der Waals surface area contributed by atoms with Crippen LogP contribution in [0.1, 0.15) is 50.3 Å². The number of rotatable bonds is 6. The maximum Gasteiger partial charge on any atom is 0.127 e. The number of hydrogen-bond acceptors (Lipinski definition) is 3. The minimum Gasteiger partial charge on any atom is -0.493 e. The fourth-order valence-corrected chi connectivity index (χ4v) is 3.90. The number of aryl methyl sites for hydroxylation is 1. The number of nitrogens with one attached hydrogen (secondary N) is 1. The molecule has 1 aromatic rings. The van der Waals surface area contributed by atoms with Crippen molar-refractivity contribution < 1.29 is 4.74 Å². The van der Waals surface area contributed by atoms with Gasteiger partial charge in [-0.1, -0.05) is 32.0 Å². The van der Waals surface area contributed by atoms with Crippen molar-refractivity contribution in [3.05, 3.63) is 29.3 Å². The standard InChI is InChI=1S/C18H30N2O/c1-6-18(7-2,20(4)5)17(19-3)15-12-8-10-14-11-9-13-21-16(14)15/h8,10,12,17,19H,6-7,9,11,13H2,1-5H3. The summed E-state index contributed by atoms with van der Waals surface area (Å²) >= 11 is 0. The molecule has 21 heavy (non-hydrogen) atoms. The Morgan fingerprint density at radius 2 is 2.00 bits per heavy atom. The Morgan fingerprint density at radius 3 is 2.57 bits per heavy atom. The van der Waals surface area contributed by atoms with Gasteiger partial charge < -0.3 is 15.0 Å². The Balaban J connectivity index is 2.50. The number of nitrogens with zero attached hydrogens (tertiary/aromatic N) is 1. The Kier molecular flexibility index (Phi) is 5.28. The summed E-state index contributed by atoms with van der Waals surface area (Å²) in [4.78, 5) is 2.37. The van der Waals surface area contributed by atoms with Crippen LogP contribution in [-0.2, 0) is 6.42 Å². The third kappa shape index (κ3) is 2.82. The molecule has 3 nitrogen and oxygen atoms in total. The van der Waals surface area contributed by atoms with Gasteiger partial charge in [-0.25, -0.2) is 0 Å². The van der Waals surface area contributed by atoms with Crippen molar-refractivity contribution in [3.8, 4) is 5.75 Å². The third-order valence-corrected chi connectivity index (χ3v) is 5.22.